The Labute approximate surface area is 53.9 Å². The summed E-state index contributed by atoms with van der Waals surface area (Å²) in [6.45, 7) is 0. The summed E-state index contributed by atoms with van der Waals surface area (Å²) in [7, 11) is 1.91. The monoisotopic (exact) mass is 128 g/mol. The Morgan fingerprint density at radius 3 is 2.88 bits per heavy atom. The summed E-state index contributed by atoms with van der Waals surface area (Å²) in [6, 6.07) is 1.95. The highest BCUT2D eigenvalue weighted by atomic mass is 32.1. The molecule has 0 saturated carbocycles. The fourth-order valence-corrected chi connectivity index (χ4v) is 0.867. The molecule has 1 rings (SSSR count). The lowest BCUT2D eigenvalue weighted by Crippen LogP contribution is -1.93. The van der Waals surface area contributed by atoms with Gasteiger partial charge >= 0.3 is 0 Å². The molecule has 0 aromatic carbocycles. The SMILES string of the molecule is Cn1nccc1CS. The Hall–Kier alpha value is -0.440. The number of rotatable bonds is 1. The molecule has 0 unspecified atom stereocenters. The summed E-state index contributed by atoms with van der Waals surface area (Å²) in [5.41, 5.74) is 1.15. The zero-order valence-corrected chi connectivity index (χ0v) is 5.60. The second-order valence-electron chi connectivity index (χ2n) is 1.60. The molecule has 3 heteroatoms. The van der Waals surface area contributed by atoms with E-state index in [1.807, 2.05) is 17.8 Å². The highest BCUT2D eigenvalue weighted by molar-refractivity contribution is 7.79. The Morgan fingerprint density at radius 1 is 1.88 bits per heavy atom. The van der Waals surface area contributed by atoms with Gasteiger partial charge in [-0.3, -0.25) is 4.68 Å². The summed E-state index contributed by atoms with van der Waals surface area (Å²) in [6.07, 6.45) is 1.77. The molecule has 0 spiro atoms. The van der Waals surface area contributed by atoms with Crippen LogP contribution in [0.2, 0.25) is 0 Å². The van der Waals surface area contributed by atoms with Crippen LogP contribution in [0.3, 0.4) is 0 Å². The van der Waals surface area contributed by atoms with E-state index in [0.29, 0.717) is 0 Å². The molecule has 44 valence electrons. The predicted octanol–water partition coefficient (Wildman–Crippen LogP) is 0.850. The molecule has 1 aromatic heterocycles. The van der Waals surface area contributed by atoms with Gasteiger partial charge in [-0.1, -0.05) is 0 Å². The first-order chi connectivity index (χ1) is 3.84. The van der Waals surface area contributed by atoms with Crippen molar-refractivity contribution in [3.05, 3.63) is 18.0 Å². The van der Waals surface area contributed by atoms with E-state index in [2.05, 4.69) is 17.7 Å². The summed E-state index contributed by atoms with van der Waals surface area (Å²) in [5, 5.41) is 3.96. The van der Waals surface area contributed by atoms with Crippen LogP contribution in [0.15, 0.2) is 12.3 Å². The molecule has 0 saturated heterocycles. The fourth-order valence-electron chi connectivity index (χ4n) is 0.556. The van der Waals surface area contributed by atoms with Crippen molar-refractivity contribution >= 4 is 12.6 Å². The molecule has 0 bridgehead atoms. The lowest BCUT2D eigenvalue weighted by molar-refractivity contribution is 0.737. The normalized spacial score (nSPS) is 9.75. The maximum absolute atomic E-state index is 4.09. The van der Waals surface area contributed by atoms with Crippen LogP contribution in [0.4, 0.5) is 0 Å². The number of nitrogens with zero attached hydrogens (tertiary/aromatic N) is 2. The zero-order valence-electron chi connectivity index (χ0n) is 4.70. The average molecular weight is 128 g/mol. The largest absolute Gasteiger partial charge is 0.272 e. The second-order valence-corrected chi connectivity index (χ2v) is 1.92. The van der Waals surface area contributed by atoms with E-state index in [-0.39, 0.29) is 0 Å². The average Bonchev–Trinajstić information content (AvgIpc) is 2.14. The van der Waals surface area contributed by atoms with Crippen molar-refractivity contribution in [3.63, 3.8) is 0 Å². The van der Waals surface area contributed by atoms with E-state index in [9.17, 15) is 0 Å². The van der Waals surface area contributed by atoms with Gasteiger partial charge in [-0.15, -0.1) is 0 Å². The first-order valence-corrected chi connectivity index (χ1v) is 3.05. The van der Waals surface area contributed by atoms with Crippen LogP contribution >= 0.6 is 12.6 Å². The molecule has 0 amide bonds. The molecule has 0 N–H and O–H groups in total. The van der Waals surface area contributed by atoms with E-state index >= 15 is 0 Å². The lowest BCUT2D eigenvalue weighted by Gasteiger charge is -1.92. The minimum Gasteiger partial charge on any atom is -0.272 e. The minimum absolute atomic E-state index is 0.760. The molecule has 8 heavy (non-hydrogen) atoms. The molecular weight excluding hydrogens is 120 g/mol. The van der Waals surface area contributed by atoms with Gasteiger partial charge < -0.3 is 0 Å². The fraction of sp³-hybridized carbons (Fsp3) is 0.400. The van der Waals surface area contributed by atoms with E-state index in [1.54, 1.807) is 6.20 Å². The van der Waals surface area contributed by atoms with Crippen LogP contribution in [0.1, 0.15) is 5.69 Å². The molecule has 0 aliphatic rings. The zero-order chi connectivity index (χ0) is 5.98. The van der Waals surface area contributed by atoms with Gasteiger partial charge in [0.1, 0.15) is 0 Å². The van der Waals surface area contributed by atoms with E-state index < -0.39 is 0 Å². The standard InChI is InChI=1S/C5H8N2S/c1-7-5(4-8)2-3-6-7/h2-3,8H,4H2,1H3. The third kappa shape index (κ3) is 0.865. The minimum atomic E-state index is 0.760. The van der Waals surface area contributed by atoms with Gasteiger partial charge in [0.15, 0.2) is 0 Å². The molecule has 0 aliphatic heterocycles. The van der Waals surface area contributed by atoms with Crippen molar-refractivity contribution in [1.82, 2.24) is 9.78 Å². The molecule has 2 nitrogen and oxygen atoms in total. The lowest BCUT2D eigenvalue weighted by atomic mass is 10.5. The van der Waals surface area contributed by atoms with E-state index in [1.165, 1.54) is 0 Å². The van der Waals surface area contributed by atoms with Crippen LogP contribution in [0.25, 0.3) is 0 Å². The van der Waals surface area contributed by atoms with Gasteiger partial charge in [0.25, 0.3) is 0 Å². The summed E-state index contributed by atoms with van der Waals surface area (Å²) >= 11 is 4.09. The van der Waals surface area contributed by atoms with Crippen molar-refractivity contribution in [2.24, 2.45) is 7.05 Å². The summed E-state index contributed by atoms with van der Waals surface area (Å²) in [4.78, 5) is 0. The third-order valence-corrected chi connectivity index (χ3v) is 1.41. The first kappa shape index (κ1) is 5.69. The first-order valence-electron chi connectivity index (χ1n) is 2.42. The maximum atomic E-state index is 4.09. The highest BCUT2D eigenvalue weighted by Crippen LogP contribution is 1.98. The number of hydrogen-bond donors (Lipinski definition) is 1. The molecule has 1 aromatic rings. The molecule has 0 fully saturated rings. The topological polar surface area (TPSA) is 17.8 Å². The quantitative estimate of drug-likeness (QED) is 0.555. The Morgan fingerprint density at radius 2 is 2.62 bits per heavy atom. The van der Waals surface area contributed by atoms with Crippen molar-refractivity contribution in [2.45, 2.75) is 5.75 Å². The van der Waals surface area contributed by atoms with Crippen LogP contribution in [0.5, 0.6) is 0 Å². The van der Waals surface area contributed by atoms with Gasteiger partial charge in [-0.25, -0.2) is 0 Å². The molecule has 0 atom stereocenters. The van der Waals surface area contributed by atoms with Gasteiger partial charge in [0.05, 0.1) is 0 Å². The predicted molar refractivity (Wildman–Crippen MR) is 35.9 cm³/mol. The highest BCUT2D eigenvalue weighted by Gasteiger charge is 1.90. The Bertz CT molecular complexity index is 171. The third-order valence-electron chi connectivity index (χ3n) is 1.08. The number of hydrogen-bond acceptors (Lipinski definition) is 2. The Kier molecular flexibility index (Phi) is 1.58. The van der Waals surface area contributed by atoms with Gasteiger partial charge in [0.2, 0.25) is 0 Å². The van der Waals surface area contributed by atoms with Crippen LogP contribution in [-0.2, 0) is 12.8 Å². The van der Waals surface area contributed by atoms with Gasteiger partial charge in [-0.2, -0.15) is 17.7 Å². The van der Waals surface area contributed by atoms with Gasteiger partial charge in [-0.05, 0) is 6.07 Å². The summed E-state index contributed by atoms with van der Waals surface area (Å²) in [5.74, 6) is 0.760. The van der Waals surface area contributed by atoms with Gasteiger partial charge in [0, 0.05) is 24.7 Å². The van der Waals surface area contributed by atoms with Crippen molar-refractivity contribution in [1.29, 1.82) is 0 Å². The van der Waals surface area contributed by atoms with E-state index in [4.69, 9.17) is 0 Å². The Balaban J connectivity index is 2.92. The van der Waals surface area contributed by atoms with Crippen molar-refractivity contribution in [2.75, 3.05) is 0 Å². The number of aryl methyl sites for hydroxylation is 1. The van der Waals surface area contributed by atoms with Crippen LogP contribution in [0, 0.1) is 0 Å². The smallest absolute Gasteiger partial charge is 0.0492 e. The van der Waals surface area contributed by atoms with Crippen LogP contribution < -0.4 is 0 Å². The second kappa shape index (κ2) is 2.22. The molecular formula is C5H8N2S. The van der Waals surface area contributed by atoms with Crippen molar-refractivity contribution in [3.8, 4) is 0 Å². The molecule has 0 aliphatic carbocycles. The van der Waals surface area contributed by atoms with Crippen molar-refractivity contribution < 1.29 is 0 Å². The summed E-state index contributed by atoms with van der Waals surface area (Å²) < 4.78 is 1.81. The number of thiol groups is 1. The number of aromatic nitrogens is 2. The maximum Gasteiger partial charge on any atom is 0.0492 e. The molecule has 0 radical (unpaired) electrons. The van der Waals surface area contributed by atoms with Crippen LogP contribution in [-0.4, -0.2) is 9.78 Å². The molecule has 1 heterocycles. The van der Waals surface area contributed by atoms with E-state index in [0.717, 1.165) is 11.4 Å².